The van der Waals surface area contributed by atoms with Gasteiger partial charge in [0, 0.05) is 25.6 Å². The molecule has 2 aliphatic carbocycles. The largest absolute Gasteiger partial charge is 0.392 e. The van der Waals surface area contributed by atoms with Gasteiger partial charge in [-0.25, -0.2) is 0 Å². The molecule has 1 heterocycles. The molecule has 15 heavy (non-hydrogen) atoms. The average molecular weight is 211 g/mol. The van der Waals surface area contributed by atoms with Crippen LogP contribution < -0.4 is 0 Å². The first-order valence-corrected chi connectivity index (χ1v) is 6.33. The number of ether oxygens (including phenoxy) is 1. The van der Waals surface area contributed by atoms with Crippen LogP contribution in [0, 0.1) is 17.8 Å². The first-order chi connectivity index (χ1) is 7.34. The third kappa shape index (κ3) is 1.81. The van der Waals surface area contributed by atoms with Crippen molar-refractivity contribution in [3.8, 4) is 0 Å². The van der Waals surface area contributed by atoms with E-state index < -0.39 is 0 Å². The fourth-order valence-electron chi connectivity index (χ4n) is 3.72. The maximum Gasteiger partial charge on any atom is 0.0611 e. The van der Waals surface area contributed by atoms with Crippen LogP contribution in [0.5, 0.6) is 0 Å². The molecule has 1 saturated heterocycles. The van der Waals surface area contributed by atoms with E-state index in [1.807, 2.05) is 0 Å². The van der Waals surface area contributed by atoms with E-state index >= 15 is 0 Å². The average Bonchev–Trinajstić information content (AvgIpc) is 2.84. The van der Waals surface area contributed by atoms with Crippen LogP contribution in [0.4, 0.5) is 0 Å². The molecule has 3 nitrogen and oxygen atoms in total. The number of aliphatic hydroxyl groups excluding tert-OH is 1. The maximum absolute atomic E-state index is 10.2. The summed E-state index contributed by atoms with van der Waals surface area (Å²) in [5, 5.41) is 10.2. The Balaban J connectivity index is 1.58. The van der Waals surface area contributed by atoms with Gasteiger partial charge in [0.25, 0.3) is 0 Å². The number of hydrogen-bond acceptors (Lipinski definition) is 3. The molecule has 0 spiro atoms. The lowest BCUT2D eigenvalue weighted by Crippen LogP contribution is -2.43. The Morgan fingerprint density at radius 2 is 1.87 bits per heavy atom. The number of hydrogen-bond donors (Lipinski definition) is 1. The van der Waals surface area contributed by atoms with Crippen molar-refractivity contribution in [2.75, 3.05) is 32.8 Å². The predicted octanol–water partition coefficient (Wildman–Crippen LogP) is 0.726. The highest BCUT2D eigenvalue weighted by molar-refractivity contribution is 4.97. The molecule has 3 aliphatic rings. The zero-order valence-corrected chi connectivity index (χ0v) is 9.27. The SMILES string of the molecule is O[C@@H]1[C@H]2CC[C@@H](C2)[C@@H]1CN1CCOCC1. The molecule has 2 bridgehead atoms. The maximum atomic E-state index is 10.2. The second-order valence-electron chi connectivity index (χ2n) is 5.40. The van der Waals surface area contributed by atoms with Crippen LogP contribution in [-0.2, 0) is 4.74 Å². The Hall–Kier alpha value is -0.120. The second-order valence-corrected chi connectivity index (χ2v) is 5.40. The van der Waals surface area contributed by atoms with Gasteiger partial charge in [0.2, 0.25) is 0 Å². The summed E-state index contributed by atoms with van der Waals surface area (Å²) in [5.74, 6) is 2.00. The summed E-state index contributed by atoms with van der Waals surface area (Å²) < 4.78 is 5.35. The molecule has 0 radical (unpaired) electrons. The Labute approximate surface area is 91.4 Å². The molecule has 3 heteroatoms. The van der Waals surface area contributed by atoms with E-state index in [0.29, 0.717) is 11.8 Å². The highest BCUT2D eigenvalue weighted by Crippen LogP contribution is 2.48. The number of morpholine rings is 1. The lowest BCUT2D eigenvalue weighted by atomic mass is 9.86. The smallest absolute Gasteiger partial charge is 0.0611 e. The third-order valence-electron chi connectivity index (χ3n) is 4.61. The van der Waals surface area contributed by atoms with Crippen molar-refractivity contribution in [2.45, 2.75) is 25.4 Å². The standard InChI is InChI=1S/C12H21NO2/c14-12-10-2-1-9(7-10)11(12)8-13-3-5-15-6-4-13/h9-12,14H,1-8H2/t9-,10-,11-,12+/m0/s1. The number of nitrogens with zero attached hydrogens (tertiary/aromatic N) is 1. The van der Waals surface area contributed by atoms with Gasteiger partial charge in [-0.15, -0.1) is 0 Å². The minimum atomic E-state index is -0.00778. The van der Waals surface area contributed by atoms with E-state index in [9.17, 15) is 5.11 Å². The quantitative estimate of drug-likeness (QED) is 0.731. The van der Waals surface area contributed by atoms with Gasteiger partial charge in [0.15, 0.2) is 0 Å². The fourth-order valence-corrected chi connectivity index (χ4v) is 3.72. The van der Waals surface area contributed by atoms with Crippen molar-refractivity contribution in [3.63, 3.8) is 0 Å². The lowest BCUT2D eigenvalue weighted by Gasteiger charge is -2.34. The summed E-state index contributed by atoms with van der Waals surface area (Å²) in [6, 6.07) is 0. The van der Waals surface area contributed by atoms with Gasteiger partial charge >= 0.3 is 0 Å². The second kappa shape index (κ2) is 4.04. The Bertz CT molecular complexity index is 226. The van der Waals surface area contributed by atoms with Crippen LogP contribution in [0.15, 0.2) is 0 Å². The molecule has 3 rings (SSSR count). The molecule has 4 atom stereocenters. The van der Waals surface area contributed by atoms with Crippen LogP contribution in [-0.4, -0.2) is 49.0 Å². The van der Waals surface area contributed by atoms with Crippen molar-refractivity contribution in [1.82, 2.24) is 4.90 Å². The lowest BCUT2D eigenvalue weighted by molar-refractivity contribution is -0.00240. The number of aliphatic hydroxyl groups is 1. The minimum Gasteiger partial charge on any atom is -0.392 e. The van der Waals surface area contributed by atoms with E-state index in [1.165, 1.54) is 19.3 Å². The summed E-state index contributed by atoms with van der Waals surface area (Å²) in [5.41, 5.74) is 0. The molecular formula is C12H21NO2. The van der Waals surface area contributed by atoms with Gasteiger partial charge < -0.3 is 9.84 Å². The fraction of sp³-hybridized carbons (Fsp3) is 1.00. The minimum absolute atomic E-state index is 0.00778. The van der Waals surface area contributed by atoms with E-state index in [-0.39, 0.29) is 6.10 Å². The van der Waals surface area contributed by atoms with Crippen LogP contribution in [0.1, 0.15) is 19.3 Å². The highest BCUT2D eigenvalue weighted by Gasteiger charge is 2.46. The van der Waals surface area contributed by atoms with Gasteiger partial charge in [-0.05, 0) is 31.1 Å². The summed E-state index contributed by atoms with van der Waals surface area (Å²) in [7, 11) is 0. The van der Waals surface area contributed by atoms with E-state index in [1.54, 1.807) is 0 Å². The molecule has 0 amide bonds. The van der Waals surface area contributed by atoms with E-state index in [0.717, 1.165) is 38.8 Å². The molecule has 1 N–H and O–H groups in total. The van der Waals surface area contributed by atoms with Gasteiger partial charge in [-0.3, -0.25) is 4.90 Å². The summed E-state index contributed by atoms with van der Waals surface area (Å²) in [6.07, 6.45) is 3.91. The first-order valence-electron chi connectivity index (χ1n) is 6.33. The number of rotatable bonds is 2. The van der Waals surface area contributed by atoms with Crippen LogP contribution in [0.2, 0.25) is 0 Å². The molecule has 1 aliphatic heterocycles. The van der Waals surface area contributed by atoms with Gasteiger partial charge in [-0.1, -0.05) is 0 Å². The molecule has 0 aromatic rings. The molecule has 0 aromatic carbocycles. The van der Waals surface area contributed by atoms with Crippen LogP contribution in [0.25, 0.3) is 0 Å². The van der Waals surface area contributed by atoms with Crippen molar-refractivity contribution in [1.29, 1.82) is 0 Å². The Morgan fingerprint density at radius 1 is 1.13 bits per heavy atom. The Kier molecular flexibility index (Phi) is 2.71. The summed E-state index contributed by atoms with van der Waals surface area (Å²) in [6.45, 7) is 4.96. The van der Waals surface area contributed by atoms with Crippen LogP contribution >= 0.6 is 0 Å². The van der Waals surface area contributed by atoms with Gasteiger partial charge in [0.1, 0.15) is 0 Å². The zero-order chi connectivity index (χ0) is 10.3. The summed E-state index contributed by atoms with van der Waals surface area (Å²) >= 11 is 0. The van der Waals surface area contributed by atoms with Crippen molar-refractivity contribution in [2.24, 2.45) is 17.8 Å². The number of fused-ring (bicyclic) bond motifs is 2. The molecule has 3 fully saturated rings. The van der Waals surface area contributed by atoms with Crippen molar-refractivity contribution >= 4 is 0 Å². The normalized spacial score (nSPS) is 46.2. The monoisotopic (exact) mass is 211 g/mol. The molecule has 86 valence electrons. The van der Waals surface area contributed by atoms with Crippen molar-refractivity contribution < 1.29 is 9.84 Å². The molecular weight excluding hydrogens is 190 g/mol. The predicted molar refractivity (Wildman–Crippen MR) is 57.6 cm³/mol. The molecule has 0 aromatic heterocycles. The van der Waals surface area contributed by atoms with E-state index in [4.69, 9.17) is 4.74 Å². The third-order valence-corrected chi connectivity index (χ3v) is 4.61. The van der Waals surface area contributed by atoms with Gasteiger partial charge in [0.05, 0.1) is 19.3 Å². The zero-order valence-electron chi connectivity index (χ0n) is 9.27. The van der Waals surface area contributed by atoms with E-state index in [2.05, 4.69) is 4.90 Å². The molecule has 2 saturated carbocycles. The first kappa shape index (κ1) is 10.1. The summed E-state index contributed by atoms with van der Waals surface area (Å²) in [4.78, 5) is 2.47. The van der Waals surface area contributed by atoms with Crippen molar-refractivity contribution in [3.05, 3.63) is 0 Å². The molecule has 0 unspecified atom stereocenters. The topological polar surface area (TPSA) is 32.7 Å². The highest BCUT2D eigenvalue weighted by atomic mass is 16.5. The Morgan fingerprint density at radius 3 is 2.53 bits per heavy atom. The van der Waals surface area contributed by atoms with Gasteiger partial charge in [-0.2, -0.15) is 0 Å². The van der Waals surface area contributed by atoms with Crippen LogP contribution in [0.3, 0.4) is 0 Å².